The average molecular weight is 714 g/mol. The Kier molecular flexibility index (Phi) is 10.2. The van der Waals surface area contributed by atoms with E-state index in [0.717, 1.165) is 45.3 Å². The third-order valence-electron chi connectivity index (χ3n) is 8.89. The molecule has 5 aromatic rings. The van der Waals surface area contributed by atoms with Crippen molar-refractivity contribution in [2.75, 3.05) is 77.0 Å². The number of anilines is 2. The van der Waals surface area contributed by atoms with Crippen molar-refractivity contribution in [3.8, 4) is 34.4 Å². The molecule has 0 saturated carbocycles. The normalized spacial score (nSPS) is 14.4. The Hall–Kier alpha value is -5.73. The van der Waals surface area contributed by atoms with Gasteiger partial charge in [0.1, 0.15) is 23.7 Å². The minimum absolute atomic E-state index is 0.0926. The fourth-order valence-electron chi connectivity index (χ4n) is 6.20. The molecule has 1 N–H and O–H groups in total. The van der Waals surface area contributed by atoms with Gasteiger partial charge in [0.2, 0.25) is 0 Å². The van der Waals surface area contributed by atoms with E-state index in [1.54, 1.807) is 38.6 Å². The van der Waals surface area contributed by atoms with E-state index in [1.165, 1.54) is 47.0 Å². The van der Waals surface area contributed by atoms with Gasteiger partial charge in [-0.25, -0.2) is 8.78 Å². The van der Waals surface area contributed by atoms with Gasteiger partial charge in [-0.2, -0.15) is 0 Å². The molecule has 2 aliphatic rings. The maximum absolute atomic E-state index is 15.5. The van der Waals surface area contributed by atoms with Crippen molar-refractivity contribution in [2.45, 2.75) is 6.42 Å². The summed E-state index contributed by atoms with van der Waals surface area (Å²) >= 11 is 0. The number of nitrogens with zero attached hydrogens (tertiary/aromatic N) is 4. The molecular formula is C38H37F2N5O7. The number of nitrogens with one attached hydrogen (secondary N) is 1. The largest absolute Gasteiger partial charge is 0.493 e. The Balaban J connectivity index is 1.08. The topological polar surface area (TPSA) is 117 Å². The number of carbonyl (C=O) groups excluding carboxylic acids is 1. The number of hydrogen-bond donors (Lipinski definition) is 1. The van der Waals surface area contributed by atoms with E-state index in [-0.39, 0.29) is 17.0 Å². The van der Waals surface area contributed by atoms with Gasteiger partial charge in [0.05, 0.1) is 44.7 Å². The molecule has 7 rings (SSSR count). The zero-order chi connectivity index (χ0) is 36.2. The predicted molar refractivity (Wildman–Crippen MR) is 191 cm³/mol. The molecule has 14 heteroatoms. The van der Waals surface area contributed by atoms with Crippen molar-refractivity contribution in [2.24, 2.45) is 0 Å². The van der Waals surface area contributed by atoms with Crippen LogP contribution in [0.2, 0.25) is 0 Å². The third kappa shape index (κ3) is 7.34. The number of fused-ring (bicyclic) bond motifs is 2. The van der Waals surface area contributed by atoms with Gasteiger partial charge in [0, 0.05) is 62.2 Å². The lowest BCUT2D eigenvalue weighted by molar-refractivity contribution is 0.0357. The molecule has 1 amide bonds. The highest BCUT2D eigenvalue weighted by molar-refractivity contribution is 6.04. The maximum atomic E-state index is 15.5. The van der Waals surface area contributed by atoms with Gasteiger partial charge in [-0.3, -0.25) is 24.0 Å². The molecule has 0 atom stereocenters. The van der Waals surface area contributed by atoms with E-state index in [0.29, 0.717) is 65.2 Å². The molecule has 1 saturated heterocycles. The molecule has 0 bridgehead atoms. The molecule has 52 heavy (non-hydrogen) atoms. The summed E-state index contributed by atoms with van der Waals surface area (Å²) in [5.41, 5.74) is 0.123. The second kappa shape index (κ2) is 15.3. The van der Waals surface area contributed by atoms with Gasteiger partial charge in [0.25, 0.3) is 11.5 Å². The fourth-order valence-corrected chi connectivity index (χ4v) is 6.20. The second-order valence-corrected chi connectivity index (χ2v) is 12.3. The van der Waals surface area contributed by atoms with Crippen LogP contribution in [0.1, 0.15) is 16.8 Å². The Morgan fingerprint density at radius 1 is 0.923 bits per heavy atom. The molecule has 2 aliphatic heterocycles. The van der Waals surface area contributed by atoms with Crippen LogP contribution in [0.15, 0.2) is 77.7 Å². The van der Waals surface area contributed by atoms with Crippen LogP contribution in [-0.2, 0) is 4.74 Å². The number of hydrogen-bond acceptors (Lipinski definition) is 10. The highest BCUT2D eigenvalue weighted by Crippen LogP contribution is 2.38. The predicted octanol–water partition coefficient (Wildman–Crippen LogP) is 5.65. The van der Waals surface area contributed by atoms with E-state index in [4.69, 9.17) is 23.7 Å². The standard InChI is InChI=1S/C38H37F2N5O7/c1-43-13-19-51-35-22-28(38(47)45(37(35)43)26-7-4-24(39)5-8-26)36(46)42-25-6-9-32(29(40)20-25)52-31-10-11-41-30-23-34(33(48-2)21-27(30)31)50-16-3-12-44-14-17-49-18-15-44/h4-11,20-23H,3,12-19H2,1-2H3,(H,42,46). The van der Waals surface area contributed by atoms with Crippen LogP contribution in [0.3, 0.4) is 0 Å². The molecule has 4 heterocycles. The number of halogens is 2. The molecule has 3 aromatic carbocycles. The third-order valence-corrected chi connectivity index (χ3v) is 8.89. The maximum Gasteiger partial charge on any atom is 0.269 e. The van der Waals surface area contributed by atoms with Crippen molar-refractivity contribution in [1.29, 1.82) is 0 Å². The summed E-state index contributed by atoms with van der Waals surface area (Å²) in [5.74, 6) is -0.0231. The number of pyridine rings is 2. The van der Waals surface area contributed by atoms with Gasteiger partial charge >= 0.3 is 0 Å². The zero-order valence-electron chi connectivity index (χ0n) is 28.7. The minimum atomic E-state index is -0.778. The lowest BCUT2D eigenvalue weighted by Gasteiger charge is -2.30. The number of likely N-dealkylation sites (N-methyl/N-ethyl adjacent to an activating group) is 1. The summed E-state index contributed by atoms with van der Waals surface area (Å²) in [6.45, 7) is 5.55. The Morgan fingerprint density at radius 2 is 1.73 bits per heavy atom. The Bertz CT molecular complexity index is 2160. The van der Waals surface area contributed by atoms with E-state index in [2.05, 4.69) is 15.2 Å². The van der Waals surface area contributed by atoms with Crippen LogP contribution in [0.5, 0.6) is 28.7 Å². The molecule has 270 valence electrons. The lowest BCUT2D eigenvalue weighted by atomic mass is 10.1. The summed E-state index contributed by atoms with van der Waals surface area (Å²) in [6, 6.07) is 15.8. The van der Waals surface area contributed by atoms with Crippen LogP contribution in [0.25, 0.3) is 16.6 Å². The molecule has 0 aliphatic carbocycles. The quantitative estimate of drug-likeness (QED) is 0.172. The number of rotatable bonds is 11. The Morgan fingerprint density at radius 3 is 2.50 bits per heavy atom. The molecule has 0 spiro atoms. The van der Waals surface area contributed by atoms with E-state index in [1.807, 2.05) is 4.90 Å². The number of benzene rings is 3. The fraction of sp³-hybridized carbons (Fsp3) is 0.289. The number of carbonyl (C=O) groups is 1. The first-order chi connectivity index (χ1) is 25.3. The summed E-state index contributed by atoms with van der Waals surface area (Å²) in [6.07, 6.45) is 2.39. The minimum Gasteiger partial charge on any atom is -0.493 e. The van der Waals surface area contributed by atoms with Crippen molar-refractivity contribution in [1.82, 2.24) is 14.5 Å². The first kappa shape index (κ1) is 34.7. The number of aromatic nitrogens is 2. The average Bonchev–Trinajstić information content (AvgIpc) is 3.15. The molecular weight excluding hydrogens is 676 g/mol. The summed E-state index contributed by atoms with van der Waals surface area (Å²) < 4.78 is 59.4. The monoisotopic (exact) mass is 713 g/mol. The first-order valence-corrected chi connectivity index (χ1v) is 16.9. The molecule has 0 unspecified atom stereocenters. The number of ether oxygens (including phenoxy) is 5. The molecule has 2 aromatic heterocycles. The smallest absolute Gasteiger partial charge is 0.269 e. The van der Waals surface area contributed by atoms with Crippen molar-refractivity contribution < 1.29 is 37.3 Å². The van der Waals surface area contributed by atoms with Crippen molar-refractivity contribution in [3.05, 3.63) is 100 Å². The van der Waals surface area contributed by atoms with Crippen LogP contribution in [0.4, 0.5) is 20.3 Å². The van der Waals surface area contributed by atoms with Gasteiger partial charge in [-0.05, 0) is 55.0 Å². The van der Waals surface area contributed by atoms with Gasteiger partial charge in [0.15, 0.2) is 34.6 Å². The first-order valence-electron chi connectivity index (χ1n) is 16.9. The lowest BCUT2D eigenvalue weighted by Crippen LogP contribution is -2.37. The van der Waals surface area contributed by atoms with Gasteiger partial charge in [-0.15, -0.1) is 0 Å². The molecule has 12 nitrogen and oxygen atoms in total. The SMILES string of the molecule is COc1cc2c(Oc3ccc(NC(=O)c4cc5c(n(-c6ccc(F)cc6)c4=O)N(C)CCO5)cc3F)ccnc2cc1OCCCN1CCOCC1. The zero-order valence-corrected chi connectivity index (χ0v) is 28.7. The number of methoxy groups -OCH3 is 1. The number of amides is 1. The molecule has 0 radical (unpaired) electrons. The van der Waals surface area contributed by atoms with Crippen LogP contribution >= 0.6 is 0 Å². The second-order valence-electron chi connectivity index (χ2n) is 12.3. The van der Waals surface area contributed by atoms with Gasteiger partial charge < -0.3 is 33.9 Å². The van der Waals surface area contributed by atoms with Crippen LogP contribution < -0.4 is 34.7 Å². The summed E-state index contributed by atoms with van der Waals surface area (Å²) in [5, 5.41) is 3.18. The Labute approximate surface area is 298 Å². The highest BCUT2D eigenvalue weighted by Gasteiger charge is 2.26. The van der Waals surface area contributed by atoms with Crippen molar-refractivity contribution in [3.63, 3.8) is 0 Å². The van der Waals surface area contributed by atoms with Crippen LogP contribution in [-0.4, -0.2) is 87.1 Å². The van der Waals surface area contributed by atoms with Crippen LogP contribution in [0, 0.1) is 11.6 Å². The highest BCUT2D eigenvalue weighted by atomic mass is 19.1. The van der Waals surface area contributed by atoms with E-state index in [9.17, 15) is 14.0 Å². The summed E-state index contributed by atoms with van der Waals surface area (Å²) in [7, 11) is 3.33. The number of morpholine rings is 1. The van der Waals surface area contributed by atoms with Gasteiger partial charge in [-0.1, -0.05) is 0 Å². The van der Waals surface area contributed by atoms with E-state index < -0.39 is 23.1 Å². The van der Waals surface area contributed by atoms with Crippen molar-refractivity contribution >= 4 is 28.3 Å². The molecule has 1 fully saturated rings. The summed E-state index contributed by atoms with van der Waals surface area (Å²) in [4.78, 5) is 35.8. The van der Waals surface area contributed by atoms with E-state index >= 15 is 4.39 Å².